The first-order valence-electron chi connectivity index (χ1n) is 16.6. The molecular formula is C34H58N2O3Si. The van der Waals surface area contributed by atoms with Crippen LogP contribution in [-0.2, 0) is 14.0 Å². The summed E-state index contributed by atoms with van der Waals surface area (Å²) in [5, 5.41) is 2.91. The van der Waals surface area contributed by atoms with E-state index in [1.54, 1.807) is 0 Å². The number of benzene rings is 1. The number of unbranched alkanes of at least 4 members (excludes halogenated alkanes) is 4. The number of nitrogens with one attached hydrogen (secondary N) is 1. The second-order valence-corrected chi connectivity index (χ2v) is 17.2. The monoisotopic (exact) mass is 570 g/mol. The van der Waals surface area contributed by atoms with Crippen LogP contribution < -0.4 is 10.2 Å². The highest BCUT2D eigenvalue weighted by atomic mass is 28.4. The Kier molecular flexibility index (Phi) is 13.2. The number of carbonyl (C=O) groups is 2. The Labute approximate surface area is 246 Å². The van der Waals surface area contributed by atoms with Crippen molar-refractivity contribution in [2.75, 3.05) is 24.6 Å². The Hall–Kier alpha value is -1.66. The van der Waals surface area contributed by atoms with E-state index in [-0.39, 0.29) is 17.7 Å². The zero-order valence-corrected chi connectivity index (χ0v) is 27.4. The highest BCUT2D eigenvalue weighted by molar-refractivity contribution is 6.75. The number of piperidine rings is 1. The molecule has 1 N–H and O–H groups in total. The summed E-state index contributed by atoms with van der Waals surface area (Å²) in [4.78, 5) is 26.2. The summed E-state index contributed by atoms with van der Waals surface area (Å²) in [6.07, 6.45) is 16.7. The Balaban J connectivity index is 1.57. The summed E-state index contributed by atoms with van der Waals surface area (Å²) in [5.41, 5.74) is 2.24. The van der Waals surface area contributed by atoms with Crippen molar-refractivity contribution in [2.45, 2.75) is 141 Å². The van der Waals surface area contributed by atoms with E-state index in [0.29, 0.717) is 23.8 Å². The summed E-state index contributed by atoms with van der Waals surface area (Å²) in [5.74, 6) is 0.162. The van der Waals surface area contributed by atoms with Crippen molar-refractivity contribution in [3.8, 4) is 0 Å². The van der Waals surface area contributed by atoms with Crippen LogP contribution in [0.3, 0.4) is 0 Å². The van der Waals surface area contributed by atoms with Gasteiger partial charge in [-0.15, -0.1) is 0 Å². The summed E-state index contributed by atoms with van der Waals surface area (Å²) in [6, 6.07) is 9.74. The van der Waals surface area contributed by atoms with Crippen LogP contribution >= 0.6 is 0 Å². The molecule has 1 aromatic rings. The van der Waals surface area contributed by atoms with Crippen LogP contribution in [0, 0.1) is 5.92 Å². The molecule has 0 aromatic heterocycles. The van der Waals surface area contributed by atoms with E-state index in [0.717, 1.165) is 31.7 Å². The van der Waals surface area contributed by atoms with Gasteiger partial charge < -0.3 is 9.33 Å². The van der Waals surface area contributed by atoms with Crippen LogP contribution in [0.25, 0.3) is 0 Å². The first-order valence-corrected chi connectivity index (χ1v) is 19.3. The third-order valence-corrected chi connectivity index (χ3v) is 15.1. The maximum Gasteiger partial charge on any atom is 0.234 e. The molecule has 2 heterocycles. The topological polar surface area (TPSA) is 58.6 Å². The number of carbonyl (C=O) groups excluding carboxylic acids is 2. The molecule has 2 aliphatic rings. The molecule has 2 aliphatic heterocycles. The van der Waals surface area contributed by atoms with E-state index in [1.165, 1.54) is 82.4 Å². The molecule has 2 fully saturated rings. The smallest absolute Gasteiger partial charge is 0.234 e. The molecule has 0 aliphatic carbocycles. The molecule has 1 aromatic carbocycles. The summed E-state index contributed by atoms with van der Waals surface area (Å²) in [6.45, 7) is 15.1. The van der Waals surface area contributed by atoms with Gasteiger partial charge in [0.25, 0.3) is 0 Å². The Bertz CT molecular complexity index is 892. The van der Waals surface area contributed by atoms with Gasteiger partial charge in [0.1, 0.15) is 0 Å². The highest BCUT2D eigenvalue weighted by Crippen LogP contribution is 2.54. The van der Waals surface area contributed by atoms with E-state index in [1.807, 2.05) is 0 Å². The van der Waals surface area contributed by atoms with Crippen molar-refractivity contribution in [1.82, 2.24) is 5.32 Å². The molecule has 6 heteroatoms. The third-order valence-electron chi connectivity index (χ3n) is 9.96. The number of anilines is 1. The maximum atomic E-state index is 12.2. The van der Waals surface area contributed by atoms with Crippen LogP contribution in [-0.4, -0.2) is 39.8 Å². The lowest BCUT2D eigenvalue weighted by molar-refractivity contribution is -0.134. The predicted octanol–water partition coefficient (Wildman–Crippen LogP) is 8.74. The maximum absolute atomic E-state index is 12.2. The predicted molar refractivity (Wildman–Crippen MR) is 170 cm³/mol. The Morgan fingerprint density at radius 3 is 2.00 bits per heavy atom. The van der Waals surface area contributed by atoms with Crippen molar-refractivity contribution in [3.05, 3.63) is 29.8 Å². The van der Waals surface area contributed by atoms with Crippen molar-refractivity contribution in [1.29, 1.82) is 0 Å². The number of imide groups is 1. The average Bonchev–Trinajstić information content (AvgIpc) is 2.93. The molecule has 2 saturated heterocycles. The van der Waals surface area contributed by atoms with E-state index in [4.69, 9.17) is 4.43 Å². The molecule has 226 valence electrons. The van der Waals surface area contributed by atoms with Crippen LogP contribution in [0.15, 0.2) is 24.3 Å². The molecule has 2 amide bonds. The number of hydrogen-bond donors (Lipinski definition) is 1. The molecule has 0 radical (unpaired) electrons. The van der Waals surface area contributed by atoms with Gasteiger partial charge in [0.05, 0.1) is 5.92 Å². The lowest BCUT2D eigenvalue weighted by Gasteiger charge is -2.49. The second-order valence-electron chi connectivity index (χ2n) is 12.9. The molecule has 3 rings (SSSR count). The zero-order chi connectivity index (χ0) is 29.0. The number of nitrogens with zero attached hydrogens (tertiary/aromatic N) is 1. The molecule has 5 nitrogen and oxygen atoms in total. The lowest BCUT2D eigenvalue weighted by Crippen LogP contribution is -2.50. The van der Waals surface area contributed by atoms with Crippen LogP contribution in [0.4, 0.5) is 5.69 Å². The first-order chi connectivity index (χ1) is 19.3. The van der Waals surface area contributed by atoms with E-state index in [9.17, 15) is 9.59 Å². The average molecular weight is 571 g/mol. The number of hydrogen-bond acceptors (Lipinski definition) is 4. The van der Waals surface area contributed by atoms with Gasteiger partial charge in [0.15, 0.2) is 8.32 Å². The number of amides is 2. The van der Waals surface area contributed by atoms with Crippen LogP contribution in [0.5, 0.6) is 0 Å². The summed E-state index contributed by atoms with van der Waals surface area (Å²) < 4.78 is 7.19. The van der Waals surface area contributed by atoms with E-state index >= 15 is 0 Å². The van der Waals surface area contributed by atoms with Crippen molar-refractivity contribution >= 4 is 25.8 Å². The summed E-state index contributed by atoms with van der Waals surface area (Å²) >= 11 is 0. The van der Waals surface area contributed by atoms with Crippen LogP contribution in [0.2, 0.25) is 17.6 Å². The third kappa shape index (κ3) is 8.44. The van der Waals surface area contributed by atoms with Gasteiger partial charge in [-0.2, -0.15) is 0 Å². The van der Waals surface area contributed by atoms with Crippen LogP contribution in [0.1, 0.15) is 129 Å². The minimum absolute atomic E-state index is 0.157. The van der Waals surface area contributed by atoms with Gasteiger partial charge in [-0.25, -0.2) is 0 Å². The van der Waals surface area contributed by atoms with Gasteiger partial charge >= 0.3 is 0 Å². The molecule has 0 saturated carbocycles. The van der Waals surface area contributed by atoms with E-state index < -0.39 is 8.32 Å². The van der Waals surface area contributed by atoms with Crippen molar-refractivity contribution in [3.63, 3.8) is 0 Å². The lowest BCUT2D eigenvalue weighted by atomic mass is 9.89. The fourth-order valence-corrected chi connectivity index (χ4v) is 11.8. The quantitative estimate of drug-likeness (QED) is 0.133. The zero-order valence-electron chi connectivity index (χ0n) is 26.4. The minimum atomic E-state index is -1.90. The Morgan fingerprint density at radius 2 is 1.48 bits per heavy atom. The summed E-state index contributed by atoms with van der Waals surface area (Å²) in [7, 11) is -1.90. The SMILES string of the molecule is CCCCC(CCCC)(CCCC)[Si](C)(CCCC)OCCC1CN(c2ccc(C3CCC(=O)NC3=O)cc2)C1. The van der Waals surface area contributed by atoms with Crippen molar-refractivity contribution < 1.29 is 14.0 Å². The van der Waals surface area contributed by atoms with Gasteiger partial charge in [-0.05, 0) is 73.3 Å². The second kappa shape index (κ2) is 16.1. The molecular weight excluding hydrogens is 512 g/mol. The van der Waals surface area contributed by atoms with Gasteiger partial charge in [-0.1, -0.05) is 91.2 Å². The van der Waals surface area contributed by atoms with Crippen molar-refractivity contribution in [2.24, 2.45) is 5.92 Å². The molecule has 40 heavy (non-hydrogen) atoms. The molecule has 0 spiro atoms. The fourth-order valence-electron chi connectivity index (χ4n) is 7.06. The first kappa shape index (κ1) is 32.8. The molecule has 2 atom stereocenters. The minimum Gasteiger partial charge on any atom is -0.417 e. The van der Waals surface area contributed by atoms with Gasteiger partial charge in [0, 0.05) is 31.8 Å². The standard InChI is InChI=1S/C34H58N2O3Si/c1-6-10-21-34(22-11-7-2,23-12-8-3)40(5,25-13-9-4)39-24-20-28-26-36(27-28)30-16-14-29(15-17-30)31-18-19-32(37)35-33(31)38/h14-17,28,31H,6-13,18-27H2,1-5H3,(H,35,37,38). The van der Waals surface area contributed by atoms with E-state index in [2.05, 4.69) is 68.7 Å². The number of rotatable bonds is 19. The Morgan fingerprint density at radius 1 is 0.900 bits per heavy atom. The van der Waals surface area contributed by atoms with Gasteiger partial charge in [0.2, 0.25) is 11.8 Å². The normalized spacial score (nSPS) is 19.8. The molecule has 2 unspecified atom stereocenters. The van der Waals surface area contributed by atoms with Gasteiger partial charge in [-0.3, -0.25) is 14.9 Å². The fraction of sp³-hybridized carbons (Fsp3) is 0.765. The molecule has 0 bridgehead atoms. The highest BCUT2D eigenvalue weighted by Gasteiger charge is 2.49. The largest absolute Gasteiger partial charge is 0.417 e.